The van der Waals surface area contributed by atoms with E-state index in [1.807, 2.05) is 0 Å². The largest absolute Gasteiger partial charge is 0.309 e. The molecule has 102 valence electrons. The highest BCUT2D eigenvalue weighted by atomic mass is 79.9. The number of fused-ring (bicyclic) bond motifs is 2. The Labute approximate surface area is 128 Å². The van der Waals surface area contributed by atoms with Crippen LogP contribution in [0.1, 0.15) is 11.6 Å². The van der Waals surface area contributed by atoms with Gasteiger partial charge in [-0.1, -0.05) is 31.9 Å². The Morgan fingerprint density at radius 2 is 1.25 bits per heavy atom. The molecule has 0 aliphatic carbocycles. The van der Waals surface area contributed by atoms with E-state index in [1.54, 1.807) is 12.1 Å². The summed E-state index contributed by atoms with van der Waals surface area (Å²) in [6.45, 7) is 0. The Bertz CT molecular complexity index is 855. The summed E-state index contributed by atoms with van der Waals surface area (Å²) < 4.78 is 0. The minimum absolute atomic E-state index is 0.242. The van der Waals surface area contributed by atoms with Gasteiger partial charge in [-0.05, 0) is 12.1 Å². The maximum absolute atomic E-state index is 12.0. The van der Waals surface area contributed by atoms with Crippen LogP contribution in [0.3, 0.4) is 0 Å². The third-order valence-electron chi connectivity index (χ3n) is 2.88. The molecule has 0 spiro atoms. The summed E-state index contributed by atoms with van der Waals surface area (Å²) in [7, 11) is 0. The predicted molar refractivity (Wildman–Crippen MR) is 83.5 cm³/mol. The molecule has 8 heteroatoms. The van der Waals surface area contributed by atoms with Crippen LogP contribution in [0.4, 0.5) is 0 Å². The summed E-state index contributed by atoms with van der Waals surface area (Å²) in [4.78, 5) is 37.9. The van der Waals surface area contributed by atoms with Gasteiger partial charge in [0.1, 0.15) is 11.6 Å². The molecule has 0 unspecified atom stereocenters. The van der Waals surface area contributed by atoms with Gasteiger partial charge < -0.3 is 9.97 Å². The van der Waals surface area contributed by atoms with Gasteiger partial charge in [-0.2, -0.15) is 0 Å². The van der Waals surface area contributed by atoms with Crippen molar-refractivity contribution >= 4 is 53.7 Å². The molecule has 0 saturated carbocycles. The van der Waals surface area contributed by atoms with Crippen molar-refractivity contribution in [1.82, 2.24) is 19.9 Å². The topological polar surface area (TPSA) is 91.5 Å². The average Bonchev–Trinajstić information content (AvgIpc) is 2.45. The van der Waals surface area contributed by atoms with Crippen LogP contribution in [0, 0.1) is 0 Å². The average molecular weight is 400 g/mol. The van der Waals surface area contributed by atoms with Crippen molar-refractivity contribution in [3.8, 4) is 0 Å². The lowest BCUT2D eigenvalue weighted by molar-refractivity contribution is 1.04. The lowest BCUT2D eigenvalue weighted by atomic mass is 10.1. The molecule has 0 bridgehead atoms. The summed E-state index contributed by atoms with van der Waals surface area (Å²) in [5.41, 5.74) is 0.479. The van der Waals surface area contributed by atoms with Gasteiger partial charge in [0.15, 0.2) is 0 Å². The van der Waals surface area contributed by atoms with Crippen molar-refractivity contribution in [2.75, 3.05) is 0 Å². The number of alkyl halides is 2. The zero-order chi connectivity index (χ0) is 14.3. The van der Waals surface area contributed by atoms with Crippen LogP contribution >= 0.6 is 31.9 Å². The maximum atomic E-state index is 12.0. The summed E-state index contributed by atoms with van der Waals surface area (Å²) >= 11 is 6.48. The van der Waals surface area contributed by atoms with Gasteiger partial charge in [-0.15, -0.1) is 0 Å². The molecule has 1 aromatic carbocycles. The molecule has 0 amide bonds. The third kappa shape index (κ3) is 2.18. The van der Waals surface area contributed by atoms with Gasteiger partial charge >= 0.3 is 0 Å². The Balaban J connectivity index is 2.46. The van der Waals surface area contributed by atoms with Gasteiger partial charge in [0, 0.05) is 0 Å². The summed E-state index contributed by atoms with van der Waals surface area (Å²) in [5, 5.41) is 1.71. The minimum atomic E-state index is -0.242. The van der Waals surface area contributed by atoms with Crippen LogP contribution in [-0.4, -0.2) is 19.9 Å². The lowest BCUT2D eigenvalue weighted by Gasteiger charge is -2.03. The molecule has 3 rings (SSSR count). The Kier molecular flexibility index (Phi) is 3.43. The fourth-order valence-corrected chi connectivity index (χ4v) is 2.53. The predicted octanol–water partition coefficient (Wildman–Crippen LogP) is 1.95. The van der Waals surface area contributed by atoms with E-state index in [4.69, 9.17) is 0 Å². The smallest absolute Gasteiger partial charge is 0.258 e. The summed E-state index contributed by atoms with van der Waals surface area (Å²) in [6.07, 6.45) is 0. The number of halogens is 2. The zero-order valence-corrected chi connectivity index (χ0v) is 13.2. The van der Waals surface area contributed by atoms with Gasteiger partial charge in [0.2, 0.25) is 0 Å². The van der Waals surface area contributed by atoms with Crippen molar-refractivity contribution in [1.29, 1.82) is 0 Å². The Morgan fingerprint density at radius 3 is 1.60 bits per heavy atom. The molecule has 6 nitrogen and oxygen atoms in total. The van der Waals surface area contributed by atoms with E-state index < -0.39 is 0 Å². The second kappa shape index (κ2) is 5.10. The monoisotopic (exact) mass is 398 g/mol. The van der Waals surface area contributed by atoms with Gasteiger partial charge in [0.25, 0.3) is 11.1 Å². The highest BCUT2D eigenvalue weighted by Crippen LogP contribution is 2.16. The van der Waals surface area contributed by atoms with Crippen LogP contribution in [0.15, 0.2) is 21.7 Å². The summed E-state index contributed by atoms with van der Waals surface area (Å²) in [5.74, 6) is 1.03. The molecule has 0 atom stereocenters. The molecular weight excluding hydrogens is 392 g/mol. The van der Waals surface area contributed by atoms with E-state index in [1.165, 1.54) is 0 Å². The first-order valence-electron chi connectivity index (χ1n) is 5.70. The third-order valence-corrected chi connectivity index (χ3v) is 3.95. The molecule has 0 radical (unpaired) electrons. The van der Waals surface area contributed by atoms with Gasteiger partial charge in [0.05, 0.1) is 32.5 Å². The van der Waals surface area contributed by atoms with E-state index in [-0.39, 0.29) is 11.1 Å². The first-order chi connectivity index (χ1) is 9.62. The first-order valence-corrected chi connectivity index (χ1v) is 7.94. The summed E-state index contributed by atoms with van der Waals surface area (Å²) in [6, 6.07) is 3.19. The van der Waals surface area contributed by atoms with Crippen molar-refractivity contribution < 1.29 is 0 Å². The maximum Gasteiger partial charge on any atom is 0.258 e. The van der Waals surface area contributed by atoms with Crippen LogP contribution in [0.2, 0.25) is 0 Å². The number of aromatic amines is 2. The molecule has 0 aliphatic rings. The SMILES string of the molecule is O=c1[nH]c(CBr)nc2cc3c(=O)[nH]c(CBr)nc3cc12. The number of aromatic nitrogens is 4. The molecule has 2 heterocycles. The highest BCUT2D eigenvalue weighted by molar-refractivity contribution is 9.08. The molecule has 0 saturated heterocycles. The second-order valence-corrected chi connectivity index (χ2v) is 5.30. The van der Waals surface area contributed by atoms with E-state index in [9.17, 15) is 9.59 Å². The van der Waals surface area contributed by atoms with Crippen LogP contribution in [0.5, 0.6) is 0 Å². The van der Waals surface area contributed by atoms with Crippen molar-refractivity contribution in [3.05, 3.63) is 44.5 Å². The molecule has 0 aliphatic heterocycles. The van der Waals surface area contributed by atoms with Crippen molar-refractivity contribution in [2.45, 2.75) is 10.7 Å². The fraction of sp³-hybridized carbons (Fsp3) is 0.167. The molecule has 20 heavy (non-hydrogen) atoms. The lowest BCUT2D eigenvalue weighted by Crippen LogP contribution is -2.14. The second-order valence-electron chi connectivity index (χ2n) is 4.18. The number of benzene rings is 1. The number of hydrogen-bond acceptors (Lipinski definition) is 4. The standard InChI is InChI=1S/C12H8Br2N4O2/c13-3-9-15-7-1-5-8(2-6(7)12(20)18-9)16-10(4-14)17-11(5)19/h1-2H,3-4H2,(H,15,18,20)(H,16,17,19). The number of nitrogens with zero attached hydrogens (tertiary/aromatic N) is 2. The van der Waals surface area contributed by atoms with E-state index in [0.29, 0.717) is 44.1 Å². The Morgan fingerprint density at radius 1 is 0.850 bits per heavy atom. The van der Waals surface area contributed by atoms with Crippen LogP contribution in [-0.2, 0) is 10.7 Å². The number of H-pyrrole nitrogens is 2. The van der Waals surface area contributed by atoms with Crippen LogP contribution in [0.25, 0.3) is 21.8 Å². The van der Waals surface area contributed by atoms with E-state index in [0.717, 1.165) is 0 Å². The van der Waals surface area contributed by atoms with Crippen molar-refractivity contribution in [3.63, 3.8) is 0 Å². The zero-order valence-electron chi connectivity index (χ0n) is 10.0. The number of hydrogen-bond donors (Lipinski definition) is 2. The molecule has 2 N–H and O–H groups in total. The highest BCUT2D eigenvalue weighted by Gasteiger charge is 2.09. The quantitative estimate of drug-likeness (QED) is 0.508. The first kappa shape index (κ1) is 13.4. The Hall–Kier alpha value is -1.54. The molecule has 3 aromatic rings. The number of nitrogens with one attached hydrogen (secondary N) is 2. The number of rotatable bonds is 2. The fourth-order valence-electron chi connectivity index (χ4n) is 2.00. The van der Waals surface area contributed by atoms with Crippen LogP contribution < -0.4 is 11.1 Å². The van der Waals surface area contributed by atoms with Gasteiger partial charge in [-0.3, -0.25) is 9.59 Å². The molecule has 2 aromatic heterocycles. The molecule has 0 fully saturated rings. The van der Waals surface area contributed by atoms with Gasteiger partial charge in [-0.25, -0.2) is 9.97 Å². The van der Waals surface area contributed by atoms with E-state index >= 15 is 0 Å². The van der Waals surface area contributed by atoms with E-state index in [2.05, 4.69) is 51.8 Å². The normalized spacial score (nSPS) is 11.3. The minimum Gasteiger partial charge on any atom is -0.309 e. The molecular formula is C12H8Br2N4O2. The van der Waals surface area contributed by atoms with Crippen molar-refractivity contribution in [2.24, 2.45) is 0 Å².